The van der Waals surface area contributed by atoms with Crippen LogP contribution in [0.5, 0.6) is 0 Å². The first kappa shape index (κ1) is 14.2. The minimum absolute atomic E-state index is 0.152. The first-order valence-corrected chi connectivity index (χ1v) is 7.92. The molecule has 2 aliphatic rings. The van der Waals surface area contributed by atoms with Gasteiger partial charge >= 0.3 is 0 Å². The number of carbonyl (C=O) groups is 1. The summed E-state index contributed by atoms with van der Waals surface area (Å²) in [6, 6.07) is 0.532. The topological polar surface area (TPSA) is 47.4 Å². The molecule has 0 N–H and O–H groups in total. The number of fused-ring (bicyclic) bond motifs is 1. The standard InChI is InChI=1S/C14H20BrN3O2/c1-9-14(15)11(17(2)16-9)6-12(19)13-7-18-5-3-4-10(18)8-20-13/h10,13H,3-8H2,1-2H3. The van der Waals surface area contributed by atoms with Crippen LogP contribution in [0.15, 0.2) is 4.47 Å². The van der Waals surface area contributed by atoms with Crippen molar-refractivity contribution in [1.82, 2.24) is 14.7 Å². The van der Waals surface area contributed by atoms with E-state index >= 15 is 0 Å². The van der Waals surface area contributed by atoms with Crippen molar-refractivity contribution in [2.75, 3.05) is 19.7 Å². The number of carbonyl (C=O) groups excluding carboxylic acids is 1. The fraction of sp³-hybridized carbons (Fsp3) is 0.714. The van der Waals surface area contributed by atoms with Crippen LogP contribution in [0.2, 0.25) is 0 Å². The number of rotatable bonds is 3. The van der Waals surface area contributed by atoms with E-state index in [-0.39, 0.29) is 11.9 Å². The Morgan fingerprint density at radius 2 is 2.35 bits per heavy atom. The van der Waals surface area contributed by atoms with Crippen molar-refractivity contribution in [3.63, 3.8) is 0 Å². The number of hydrogen-bond acceptors (Lipinski definition) is 4. The molecule has 110 valence electrons. The van der Waals surface area contributed by atoms with Gasteiger partial charge in [0.15, 0.2) is 5.78 Å². The highest BCUT2D eigenvalue weighted by Gasteiger charge is 2.35. The molecule has 6 heteroatoms. The van der Waals surface area contributed by atoms with E-state index in [1.54, 1.807) is 4.68 Å². The van der Waals surface area contributed by atoms with Gasteiger partial charge < -0.3 is 4.74 Å². The van der Waals surface area contributed by atoms with Gasteiger partial charge in [-0.25, -0.2) is 0 Å². The predicted molar refractivity (Wildman–Crippen MR) is 78.7 cm³/mol. The van der Waals surface area contributed by atoms with Crippen molar-refractivity contribution in [2.45, 2.75) is 38.3 Å². The molecule has 1 aromatic rings. The molecule has 0 aliphatic carbocycles. The van der Waals surface area contributed by atoms with E-state index in [4.69, 9.17) is 4.74 Å². The average molecular weight is 342 g/mol. The number of hydrogen-bond donors (Lipinski definition) is 0. The van der Waals surface area contributed by atoms with E-state index in [0.717, 1.165) is 29.0 Å². The van der Waals surface area contributed by atoms with Gasteiger partial charge in [0.05, 0.1) is 28.9 Å². The Morgan fingerprint density at radius 1 is 1.55 bits per heavy atom. The van der Waals surface area contributed by atoms with Gasteiger partial charge in [-0.2, -0.15) is 5.10 Å². The van der Waals surface area contributed by atoms with Crippen LogP contribution in [0.25, 0.3) is 0 Å². The first-order valence-electron chi connectivity index (χ1n) is 7.12. The van der Waals surface area contributed by atoms with Crippen LogP contribution in [-0.2, 0) is 23.0 Å². The second kappa shape index (κ2) is 5.58. The Labute approximate surface area is 127 Å². The van der Waals surface area contributed by atoms with Gasteiger partial charge in [0.1, 0.15) is 6.10 Å². The summed E-state index contributed by atoms with van der Waals surface area (Å²) < 4.78 is 8.49. The number of aryl methyl sites for hydroxylation is 2. The molecule has 3 heterocycles. The number of morpholine rings is 1. The molecule has 3 rings (SSSR count). The number of nitrogens with zero attached hydrogens (tertiary/aromatic N) is 3. The molecule has 2 unspecified atom stereocenters. The number of halogens is 1. The molecule has 2 saturated heterocycles. The molecule has 0 radical (unpaired) electrons. The zero-order valence-corrected chi connectivity index (χ0v) is 13.5. The third kappa shape index (κ3) is 2.56. The highest BCUT2D eigenvalue weighted by Crippen LogP contribution is 2.25. The van der Waals surface area contributed by atoms with Crippen LogP contribution in [0.4, 0.5) is 0 Å². The van der Waals surface area contributed by atoms with Crippen LogP contribution in [0.1, 0.15) is 24.2 Å². The summed E-state index contributed by atoms with van der Waals surface area (Å²) >= 11 is 3.51. The molecule has 0 spiro atoms. The van der Waals surface area contributed by atoms with Crippen molar-refractivity contribution < 1.29 is 9.53 Å². The SMILES string of the molecule is Cc1nn(C)c(CC(=O)C2CN3CCCC3CO2)c1Br. The second-order valence-corrected chi connectivity index (χ2v) is 6.52. The summed E-state index contributed by atoms with van der Waals surface area (Å²) in [4.78, 5) is 14.9. The summed E-state index contributed by atoms with van der Waals surface area (Å²) in [6.45, 7) is 4.48. The van der Waals surface area contributed by atoms with Crippen molar-refractivity contribution in [2.24, 2.45) is 7.05 Å². The van der Waals surface area contributed by atoms with Crippen LogP contribution < -0.4 is 0 Å². The molecule has 2 aliphatic heterocycles. The van der Waals surface area contributed by atoms with Gasteiger partial charge in [0, 0.05) is 19.6 Å². The molecular weight excluding hydrogens is 322 g/mol. The van der Waals surface area contributed by atoms with E-state index in [0.29, 0.717) is 19.1 Å². The van der Waals surface area contributed by atoms with E-state index in [2.05, 4.69) is 25.9 Å². The Kier molecular flexibility index (Phi) is 3.97. The molecule has 2 atom stereocenters. The molecule has 2 fully saturated rings. The minimum atomic E-state index is -0.286. The summed E-state index contributed by atoms with van der Waals surface area (Å²) in [7, 11) is 1.87. The van der Waals surface area contributed by atoms with Crippen molar-refractivity contribution in [3.8, 4) is 0 Å². The minimum Gasteiger partial charge on any atom is -0.367 e. The molecule has 0 aromatic carbocycles. The molecule has 0 bridgehead atoms. The Morgan fingerprint density at radius 3 is 3.05 bits per heavy atom. The van der Waals surface area contributed by atoms with Crippen LogP contribution in [0.3, 0.4) is 0 Å². The average Bonchev–Trinajstić information content (AvgIpc) is 2.98. The molecule has 0 saturated carbocycles. The quantitative estimate of drug-likeness (QED) is 0.835. The lowest BCUT2D eigenvalue weighted by molar-refractivity contribution is -0.137. The Balaban J connectivity index is 1.67. The Bertz CT molecular complexity index is 529. The van der Waals surface area contributed by atoms with Crippen molar-refractivity contribution in [1.29, 1.82) is 0 Å². The number of aromatic nitrogens is 2. The third-order valence-electron chi connectivity index (χ3n) is 4.35. The Hall–Kier alpha value is -0.720. The molecule has 5 nitrogen and oxygen atoms in total. The maximum Gasteiger partial charge on any atom is 0.168 e. The fourth-order valence-corrected chi connectivity index (χ4v) is 3.64. The summed E-state index contributed by atoms with van der Waals surface area (Å²) in [5, 5.41) is 4.33. The van der Waals surface area contributed by atoms with E-state index in [1.165, 1.54) is 12.8 Å². The molecule has 0 amide bonds. The van der Waals surface area contributed by atoms with Gasteiger partial charge in [0.2, 0.25) is 0 Å². The lowest BCUT2D eigenvalue weighted by atomic mass is 10.1. The first-order chi connectivity index (χ1) is 9.56. The molecule has 20 heavy (non-hydrogen) atoms. The number of ketones is 1. The van der Waals surface area contributed by atoms with Crippen molar-refractivity contribution >= 4 is 21.7 Å². The van der Waals surface area contributed by atoms with Crippen LogP contribution in [-0.4, -0.2) is 52.3 Å². The highest BCUT2D eigenvalue weighted by atomic mass is 79.9. The van der Waals surface area contributed by atoms with Gasteiger partial charge in [-0.1, -0.05) is 0 Å². The van der Waals surface area contributed by atoms with Gasteiger partial charge in [-0.3, -0.25) is 14.4 Å². The number of Topliss-reactive ketones (excluding diaryl/α,β-unsaturated/α-hetero) is 1. The van der Waals surface area contributed by atoms with Gasteiger partial charge in [0.25, 0.3) is 0 Å². The fourth-order valence-electron chi connectivity index (χ4n) is 3.16. The smallest absolute Gasteiger partial charge is 0.168 e. The monoisotopic (exact) mass is 341 g/mol. The predicted octanol–water partition coefficient (Wildman–Crippen LogP) is 1.47. The van der Waals surface area contributed by atoms with E-state index in [9.17, 15) is 4.79 Å². The van der Waals surface area contributed by atoms with E-state index < -0.39 is 0 Å². The normalized spacial score (nSPS) is 26.8. The lowest BCUT2D eigenvalue weighted by Gasteiger charge is -2.34. The highest BCUT2D eigenvalue weighted by molar-refractivity contribution is 9.10. The van der Waals surface area contributed by atoms with Gasteiger partial charge in [-0.05, 0) is 42.2 Å². The maximum atomic E-state index is 12.5. The number of ether oxygens (including phenoxy) is 1. The van der Waals surface area contributed by atoms with Crippen LogP contribution >= 0.6 is 15.9 Å². The maximum absolute atomic E-state index is 12.5. The molecule has 1 aromatic heterocycles. The van der Waals surface area contributed by atoms with E-state index in [1.807, 2.05) is 14.0 Å². The summed E-state index contributed by atoms with van der Waals surface area (Å²) in [5.41, 5.74) is 1.85. The summed E-state index contributed by atoms with van der Waals surface area (Å²) in [6.07, 6.45) is 2.52. The zero-order valence-electron chi connectivity index (χ0n) is 11.9. The van der Waals surface area contributed by atoms with Crippen LogP contribution in [0, 0.1) is 6.92 Å². The lowest BCUT2D eigenvalue weighted by Crippen LogP contribution is -2.49. The zero-order chi connectivity index (χ0) is 14.3. The third-order valence-corrected chi connectivity index (χ3v) is 5.38. The van der Waals surface area contributed by atoms with Crippen molar-refractivity contribution in [3.05, 3.63) is 15.9 Å². The van der Waals surface area contributed by atoms with Gasteiger partial charge in [-0.15, -0.1) is 0 Å². The second-order valence-electron chi connectivity index (χ2n) is 5.73. The molecular formula is C14H20BrN3O2. The largest absolute Gasteiger partial charge is 0.367 e. The summed E-state index contributed by atoms with van der Waals surface area (Å²) in [5.74, 6) is 0.152.